The van der Waals surface area contributed by atoms with E-state index >= 15 is 0 Å². The van der Waals surface area contributed by atoms with Crippen molar-refractivity contribution in [3.8, 4) is 0 Å². The molecule has 20 heavy (non-hydrogen) atoms. The Kier molecular flexibility index (Phi) is 3.84. The number of nitrogens with one attached hydrogen (secondary N) is 1. The topological polar surface area (TPSA) is 49.6 Å². The molecule has 0 unspecified atom stereocenters. The Hall–Kier alpha value is -0.910. The van der Waals surface area contributed by atoms with Gasteiger partial charge in [0.05, 0.1) is 17.0 Å². The first-order chi connectivity index (χ1) is 9.59. The molecule has 2 N–H and O–H groups in total. The fraction of sp³-hybridized carbons (Fsp3) is 0.667. The maximum absolute atomic E-state index is 10.5. The van der Waals surface area contributed by atoms with Crippen LogP contribution in [0.1, 0.15) is 49.2 Å². The van der Waals surface area contributed by atoms with Crippen LogP contribution in [-0.4, -0.2) is 26.6 Å². The molecule has 0 saturated heterocycles. The van der Waals surface area contributed by atoms with Gasteiger partial charge in [0, 0.05) is 24.2 Å². The number of aromatic nitrogens is 2. The van der Waals surface area contributed by atoms with Crippen molar-refractivity contribution in [1.29, 1.82) is 0 Å². The average molecular weight is 293 g/mol. The van der Waals surface area contributed by atoms with Gasteiger partial charge in [0.25, 0.3) is 0 Å². The molecular weight excluding hydrogens is 270 g/mol. The highest BCUT2D eigenvalue weighted by Gasteiger charge is 2.28. The predicted octanol–water partition coefficient (Wildman–Crippen LogP) is 2.80. The molecule has 2 aromatic rings. The lowest BCUT2D eigenvalue weighted by Gasteiger charge is -2.32. The SMILES string of the molecule is Cc1nc2scc(C)n2c1CNCC1(O)CCCCC1. The van der Waals surface area contributed by atoms with E-state index in [1.54, 1.807) is 11.3 Å². The zero-order valence-electron chi connectivity index (χ0n) is 12.3. The molecule has 4 nitrogen and oxygen atoms in total. The number of imidazole rings is 1. The average Bonchev–Trinajstić information content (AvgIpc) is 2.91. The van der Waals surface area contributed by atoms with Gasteiger partial charge in [-0.2, -0.15) is 0 Å². The highest BCUT2D eigenvalue weighted by atomic mass is 32.1. The zero-order valence-corrected chi connectivity index (χ0v) is 13.1. The van der Waals surface area contributed by atoms with Crippen LogP contribution in [0.15, 0.2) is 5.38 Å². The predicted molar refractivity (Wildman–Crippen MR) is 82.3 cm³/mol. The van der Waals surface area contributed by atoms with E-state index in [1.807, 2.05) is 0 Å². The van der Waals surface area contributed by atoms with Crippen LogP contribution in [-0.2, 0) is 6.54 Å². The van der Waals surface area contributed by atoms with E-state index in [0.29, 0.717) is 6.54 Å². The summed E-state index contributed by atoms with van der Waals surface area (Å²) >= 11 is 1.68. The number of aryl methyl sites for hydroxylation is 2. The van der Waals surface area contributed by atoms with Gasteiger partial charge in [0.1, 0.15) is 0 Å². The highest BCUT2D eigenvalue weighted by Crippen LogP contribution is 2.27. The minimum Gasteiger partial charge on any atom is -0.389 e. The van der Waals surface area contributed by atoms with E-state index in [0.717, 1.165) is 42.9 Å². The molecule has 1 saturated carbocycles. The van der Waals surface area contributed by atoms with Crippen LogP contribution in [0.5, 0.6) is 0 Å². The molecule has 1 aliphatic rings. The van der Waals surface area contributed by atoms with Crippen LogP contribution < -0.4 is 5.32 Å². The highest BCUT2D eigenvalue weighted by molar-refractivity contribution is 7.15. The van der Waals surface area contributed by atoms with Gasteiger partial charge in [-0.3, -0.25) is 4.40 Å². The lowest BCUT2D eigenvalue weighted by molar-refractivity contribution is 0.00459. The van der Waals surface area contributed by atoms with Crippen molar-refractivity contribution >= 4 is 16.3 Å². The molecule has 3 rings (SSSR count). The lowest BCUT2D eigenvalue weighted by atomic mass is 9.85. The molecule has 0 spiro atoms. The van der Waals surface area contributed by atoms with Crippen molar-refractivity contribution in [2.24, 2.45) is 0 Å². The summed E-state index contributed by atoms with van der Waals surface area (Å²) in [5, 5.41) is 16.1. The Morgan fingerprint density at radius 3 is 2.85 bits per heavy atom. The second-order valence-electron chi connectivity index (χ2n) is 6.03. The van der Waals surface area contributed by atoms with E-state index in [1.165, 1.54) is 17.8 Å². The van der Waals surface area contributed by atoms with Crippen molar-refractivity contribution in [3.63, 3.8) is 0 Å². The lowest BCUT2D eigenvalue weighted by Crippen LogP contribution is -2.42. The summed E-state index contributed by atoms with van der Waals surface area (Å²) in [6.07, 6.45) is 5.42. The molecule has 2 heterocycles. The molecule has 0 amide bonds. The van der Waals surface area contributed by atoms with Crippen molar-refractivity contribution < 1.29 is 5.11 Å². The molecule has 0 atom stereocenters. The Balaban J connectivity index is 1.67. The van der Waals surface area contributed by atoms with E-state index in [-0.39, 0.29) is 0 Å². The van der Waals surface area contributed by atoms with Gasteiger partial charge >= 0.3 is 0 Å². The maximum Gasteiger partial charge on any atom is 0.194 e. The molecule has 2 aromatic heterocycles. The molecule has 1 fully saturated rings. The number of hydrogen-bond acceptors (Lipinski definition) is 4. The third-order valence-electron chi connectivity index (χ3n) is 4.36. The Morgan fingerprint density at radius 1 is 1.35 bits per heavy atom. The minimum atomic E-state index is -0.500. The van der Waals surface area contributed by atoms with E-state index in [4.69, 9.17) is 0 Å². The largest absolute Gasteiger partial charge is 0.389 e. The second-order valence-corrected chi connectivity index (χ2v) is 6.86. The summed E-state index contributed by atoms with van der Waals surface area (Å²) < 4.78 is 2.22. The minimum absolute atomic E-state index is 0.500. The molecule has 5 heteroatoms. The van der Waals surface area contributed by atoms with Crippen LogP contribution in [0.25, 0.3) is 4.96 Å². The van der Waals surface area contributed by atoms with Gasteiger partial charge in [-0.15, -0.1) is 11.3 Å². The van der Waals surface area contributed by atoms with Crippen LogP contribution >= 0.6 is 11.3 Å². The van der Waals surface area contributed by atoms with E-state index in [9.17, 15) is 5.11 Å². The zero-order chi connectivity index (χ0) is 14.2. The number of hydrogen-bond donors (Lipinski definition) is 2. The normalized spacial score (nSPS) is 18.8. The van der Waals surface area contributed by atoms with Gasteiger partial charge in [-0.05, 0) is 26.7 Å². The third kappa shape index (κ3) is 2.62. The quantitative estimate of drug-likeness (QED) is 0.911. The van der Waals surface area contributed by atoms with Crippen molar-refractivity contribution in [2.45, 2.75) is 58.1 Å². The monoisotopic (exact) mass is 293 g/mol. The number of nitrogens with zero attached hydrogens (tertiary/aromatic N) is 2. The number of aliphatic hydroxyl groups is 1. The van der Waals surface area contributed by atoms with Crippen LogP contribution in [0.4, 0.5) is 0 Å². The summed E-state index contributed by atoms with van der Waals surface area (Å²) in [5.41, 5.74) is 3.04. The van der Waals surface area contributed by atoms with Crippen LogP contribution in [0.2, 0.25) is 0 Å². The molecule has 0 aromatic carbocycles. The standard InChI is InChI=1S/C15H23N3OS/c1-11-9-20-14-17-12(2)13(18(11)14)8-16-10-15(19)6-4-3-5-7-15/h9,16,19H,3-8,10H2,1-2H3. The van der Waals surface area contributed by atoms with E-state index < -0.39 is 5.60 Å². The van der Waals surface area contributed by atoms with Crippen molar-refractivity contribution in [1.82, 2.24) is 14.7 Å². The molecule has 0 radical (unpaired) electrons. The Morgan fingerprint density at radius 2 is 2.10 bits per heavy atom. The fourth-order valence-corrected chi connectivity index (χ4v) is 4.11. The molecule has 110 valence electrons. The first-order valence-corrected chi connectivity index (χ1v) is 8.32. The van der Waals surface area contributed by atoms with Gasteiger partial charge in [0.2, 0.25) is 0 Å². The number of fused-ring (bicyclic) bond motifs is 1. The van der Waals surface area contributed by atoms with Crippen LogP contribution in [0, 0.1) is 13.8 Å². The summed E-state index contributed by atoms with van der Waals surface area (Å²) in [6, 6.07) is 0. The Labute approximate surface area is 123 Å². The fourth-order valence-electron chi connectivity index (χ4n) is 3.18. The summed E-state index contributed by atoms with van der Waals surface area (Å²) in [4.78, 5) is 5.66. The first-order valence-electron chi connectivity index (χ1n) is 7.44. The third-order valence-corrected chi connectivity index (χ3v) is 5.30. The summed E-state index contributed by atoms with van der Waals surface area (Å²) in [5.74, 6) is 0. The first kappa shape index (κ1) is 14.0. The summed E-state index contributed by atoms with van der Waals surface area (Å²) in [7, 11) is 0. The van der Waals surface area contributed by atoms with Gasteiger partial charge < -0.3 is 10.4 Å². The smallest absolute Gasteiger partial charge is 0.194 e. The molecule has 1 aliphatic carbocycles. The number of rotatable bonds is 4. The van der Waals surface area contributed by atoms with Crippen LogP contribution in [0.3, 0.4) is 0 Å². The van der Waals surface area contributed by atoms with Gasteiger partial charge in [-0.25, -0.2) is 4.98 Å². The van der Waals surface area contributed by atoms with Gasteiger partial charge in [0.15, 0.2) is 4.96 Å². The van der Waals surface area contributed by atoms with E-state index in [2.05, 4.69) is 33.9 Å². The van der Waals surface area contributed by atoms with Crippen molar-refractivity contribution in [2.75, 3.05) is 6.54 Å². The molecule has 0 aliphatic heterocycles. The summed E-state index contributed by atoms with van der Waals surface area (Å²) in [6.45, 7) is 5.63. The van der Waals surface area contributed by atoms with Crippen molar-refractivity contribution in [3.05, 3.63) is 22.5 Å². The maximum atomic E-state index is 10.5. The Bertz CT molecular complexity index is 596. The molecular formula is C15H23N3OS. The molecule has 0 bridgehead atoms. The van der Waals surface area contributed by atoms with Gasteiger partial charge in [-0.1, -0.05) is 19.3 Å². The second kappa shape index (κ2) is 5.47. The number of thiazole rings is 1.